The van der Waals surface area contributed by atoms with Crippen molar-refractivity contribution < 1.29 is 9.59 Å². The van der Waals surface area contributed by atoms with Crippen molar-refractivity contribution in [2.75, 3.05) is 12.4 Å². The first-order valence-electron chi connectivity index (χ1n) is 5.57. The molecule has 0 aliphatic carbocycles. The van der Waals surface area contributed by atoms with E-state index in [4.69, 9.17) is 0 Å². The van der Waals surface area contributed by atoms with Gasteiger partial charge < -0.3 is 16.0 Å². The average Bonchev–Trinajstić information content (AvgIpc) is 2.49. The Bertz CT molecular complexity index is 445. The molecule has 3 N–H and O–H groups in total. The van der Waals surface area contributed by atoms with E-state index in [0.717, 1.165) is 17.7 Å². The van der Waals surface area contributed by atoms with E-state index in [2.05, 4.69) is 16.0 Å². The number of aryl methyl sites for hydroxylation is 1. The maximum absolute atomic E-state index is 11.9. The third-order valence-electron chi connectivity index (χ3n) is 2.83. The number of urea groups is 1. The molecule has 1 aromatic carbocycles. The van der Waals surface area contributed by atoms with Crippen LogP contribution in [0.2, 0.25) is 0 Å². The average molecular weight is 233 g/mol. The second-order valence-electron chi connectivity index (χ2n) is 3.96. The summed E-state index contributed by atoms with van der Waals surface area (Å²) < 4.78 is 0. The Balaban J connectivity index is 2.12. The van der Waals surface area contributed by atoms with E-state index < -0.39 is 6.04 Å². The van der Waals surface area contributed by atoms with Crippen LogP contribution >= 0.6 is 0 Å². The number of nitrogens with one attached hydrogen (secondary N) is 3. The molecule has 0 bridgehead atoms. The summed E-state index contributed by atoms with van der Waals surface area (Å²) in [6, 6.07) is 6.86. The van der Waals surface area contributed by atoms with Gasteiger partial charge in [0.25, 0.3) is 0 Å². The van der Waals surface area contributed by atoms with Crippen molar-refractivity contribution >= 4 is 17.6 Å². The Labute approximate surface area is 99.6 Å². The summed E-state index contributed by atoms with van der Waals surface area (Å²) in [7, 11) is 1.53. The molecular weight excluding hydrogens is 218 g/mol. The van der Waals surface area contributed by atoms with Gasteiger partial charge in [0.15, 0.2) is 0 Å². The Morgan fingerprint density at radius 3 is 2.94 bits per heavy atom. The number of anilines is 1. The van der Waals surface area contributed by atoms with Gasteiger partial charge in [-0.2, -0.15) is 0 Å². The van der Waals surface area contributed by atoms with Crippen molar-refractivity contribution in [2.45, 2.75) is 18.9 Å². The number of carbonyl (C=O) groups excluding carboxylic acids is 2. The lowest BCUT2D eigenvalue weighted by atomic mass is 10.1. The predicted octanol–water partition coefficient (Wildman–Crippen LogP) is 0.869. The van der Waals surface area contributed by atoms with Crippen molar-refractivity contribution in [1.29, 1.82) is 0 Å². The van der Waals surface area contributed by atoms with Crippen LogP contribution < -0.4 is 16.0 Å². The van der Waals surface area contributed by atoms with Crippen LogP contribution in [0, 0.1) is 0 Å². The first-order chi connectivity index (χ1) is 8.20. The van der Waals surface area contributed by atoms with Gasteiger partial charge in [0, 0.05) is 12.7 Å². The van der Waals surface area contributed by atoms with Crippen LogP contribution in [0.25, 0.3) is 0 Å². The number of hydrogen-bond donors (Lipinski definition) is 3. The minimum absolute atomic E-state index is 0.168. The Morgan fingerprint density at radius 1 is 1.41 bits per heavy atom. The zero-order chi connectivity index (χ0) is 12.3. The topological polar surface area (TPSA) is 70.2 Å². The third kappa shape index (κ3) is 2.55. The highest BCUT2D eigenvalue weighted by molar-refractivity contribution is 5.98. The standard InChI is InChI=1S/C12H15N3O2/c1-13-12(17)15-10-7-6-8-4-2-3-5-9(8)14-11(10)16/h2-5,10H,6-7H2,1H3,(H,14,16)(H2,13,15,17). The molecule has 1 atom stereocenters. The summed E-state index contributed by atoms with van der Waals surface area (Å²) in [5, 5.41) is 7.90. The normalized spacial score (nSPS) is 18.6. The molecule has 2 rings (SSSR count). The monoisotopic (exact) mass is 233 g/mol. The van der Waals surface area contributed by atoms with Crippen LogP contribution in [-0.2, 0) is 11.2 Å². The van der Waals surface area contributed by atoms with Crippen molar-refractivity contribution in [1.82, 2.24) is 10.6 Å². The second kappa shape index (κ2) is 4.86. The minimum atomic E-state index is -0.484. The molecule has 1 aliphatic heterocycles. The number of amides is 3. The quantitative estimate of drug-likeness (QED) is 0.673. The number of carbonyl (C=O) groups is 2. The fraction of sp³-hybridized carbons (Fsp3) is 0.333. The van der Waals surface area contributed by atoms with Gasteiger partial charge in [-0.25, -0.2) is 4.79 Å². The molecule has 0 fully saturated rings. The van der Waals surface area contributed by atoms with E-state index in [1.807, 2.05) is 24.3 Å². The molecule has 17 heavy (non-hydrogen) atoms. The van der Waals surface area contributed by atoms with Gasteiger partial charge in [0.05, 0.1) is 0 Å². The SMILES string of the molecule is CNC(=O)NC1CCc2ccccc2NC1=O. The molecule has 90 valence electrons. The lowest BCUT2D eigenvalue weighted by Crippen LogP contribution is -2.46. The van der Waals surface area contributed by atoms with Crippen LogP contribution in [-0.4, -0.2) is 25.0 Å². The lowest BCUT2D eigenvalue weighted by molar-refractivity contribution is -0.117. The van der Waals surface area contributed by atoms with Gasteiger partial charge in [0.1, 0.15) is 6.04 Å². The molecule has 5 nitrogen and oxygen atoms in total. The third-order valence-corrected chi connectivity index (χ3v) is 2.83. The van der Waals surface area contributed by atoms with Crippen LogP contribution in [0.5, 0.6) is 0 Å². The van der Waals surface area contributed by atoms with Crippen molar-refractivity contribution in [3.63, 3.8) is 0 Å². The lowest BCUT2D eigenvalue weighted by Gasteiger charge is -2.14. The molecular formula is C12H15N3O2. The first kappa shape index (κ1) is 11.4. The molecule has 5 heteroatoms. The van der Waals surface area contributed by atoms with Crippen LogP contribution in [0.15, 0.2) is 24.3 Å². The first-order valence-corrected chi connectivity index (χ1v) is 5.57. The minimum Gasteiger partial charge on any atom is -0.341 e. The number of rotatable bonds is 1. The highest BCUT2D eigenvalue weighted by Gasteiger charge is 2.24. The number of hydrogen-bond acceptors (Lipinski definition) is 2. The van der Waals surface area contributed by atoms with E-state index in [9.17, 15) is 9.59 Å². The van der Waals surface area contributed by atoms with Crippen molar-refractivity contribution in [2.24, 2.45) is 0 Å². The van der Waals surface area contributed by atoms with Crippen LogP contribution in [0.3, 0.4) is 0 Å². The van der Waals surface area contributed by atoms with E-state index in [1.54, 1.807) is 0 Å². The van der Waals surface area contributed by atoms with E-state index in [-0.39, 0.29) is 11.9 Å². The Kier molecular flexibility index (Phi) is 3.27. The maximum atomic E-state index is 11.9. The highest BCUT2D eigenvalue weighted by Crippen LogP contribution is 2.21. The van der Waals surface area contributed by atoms with Crippen molar-refractivity contribution in [3.05, 3.63) is 29.8 Å². The van der Waals surface area contributed by atoms with Gasteiger partial charge in [-0.3, -0.25) is 4.79 Å². The maximum Gasteiger partial charge on any atom is 0.315 e. The molecule has 0 aromatic heterocycles. The van der Waals surface area contributed by atoms with E-state index in [1.165, 1.54) is 7.05 Å². The fourth-order valence-corrected chi connectivity index (χ4v) is 1.88. The molecule has 3 amide bonds. The largest absolute Gasteiger partial charge is 0.341 e. The Hall–Kier alpha value is -2.04. The van der Waals surface area contributed by atoms with Crippen LogP contribution in [0.1, 0.15) is 12.0 Å². The van der Waals surface area contributed by atoms with Gasteiger partial charge in [-0.15, -0.1) is 0 Å². The number of benzene rings is 1. The van der Waals surface area contributed by atoms with Crippen LogP contribution in [0.4, 0.5) is 10.5 Å². The summed E-state index contributed by atoms with van der Waals surface area (Å²) in [6.45, 7) is 0. The molecule has 1 heterocycles. The van der Waals surface area contributed by atoms with Gasteiger partial charge in [-0.05, 0) is 24.5 Å². The number of fused-ring (bicyclic) bond motifs is 1. The summed E-state index contributed by atoms with van der Waals surface area (Å²) in [5.41, 5.74) is 1.93. The summed E-state index contributed by atoms with van der Waals surface area (Å²) in [6.07, 6.45) is 1.37. The van der Waals surface area contributed by atoms with Crippen molar-refractivity contribution in [3.8, 4) is 0 Å². The summed E-state index contributed by atoms with van der Waals surface area (Å²) in [5.74, 6) is -0.168. The second-order valence-corrected chi connectivity index (χ2v) is 3.96. The molecule has 0 saturated heterocycles. The summed E-state index contributed by atoms with van der Waals surface area (Å²) in [4.78, 5) is 23.1. The molecule has 0 radical (unpaired) electrons. The zero-order valence-corrected chi connectivity index (χ0v) is 9.62. The molecule has 1 unspecified atom stereocenters. The van der Waals surface area contributed by atoms with E-state index in [0.29, 0.717) is 6.42 Å². The Morgan fingerprint density at radius 2 is 2.18 bits per heavy atom. The van der Waals surface area contributed by atoms with Gasteiger partial charge >= 0.3 is 6.03 Å². The van der Waals surface area contributed by atoms with E-state index >= 15 is 0 Å². The molecule has 0 spiro atoms. The smallest absolute Gasteiger partial charge is 0.315 e. The molecule has 1 aromatic rings. The number of para-hydroxylation sites is 1. The molecule has 1 aliphatic rings. The zero-order valence-electron chi connectivity index (χ0n) is 9.62. The van der Waals surface area contributed by atoms with Gasteiger partial charge in [0.2, 0.25) is 5.91 Å². The highest BCUT2D eigenvalue weighted by atomic mass is 16.2. The molecule has 0 saturated carbocycles. The fourth-order valence-electron chi connectivity index (χ4n) is 1.88. The summed E-state index contributed by atoms with van der Waals surface area (Å²) >= 11 is 0. The van der Waals surface area contributed by atoms with Gasteiger partial charge in [-0.1, -0.05) is 18.2 Å². The predicted molar refractivity (Wildman–Crippen MR) is 64.8 cm³/mol.